The van der Waals surface area contributed by atoms with Gasteiger partial charge in [-0.25, -0.2) is 4.98 Å². The molecule has 2 aromatic carbocycles. The van der Waals surface area contributed by atoms with Gasteiger partial charge in [0, 0.05) is 17.7 Å². The third-order valence-corrected chi connectivity index (χ3v) is 4.41. The molecule has 0 amide bonds. The highest BCUT2D eigenvalue weighted by Gasteiger charge is 2.13. The number of rotatable bonds is 5. The van der Waals surface area contributed by atoms with Crippen LogP contribution >= 0.6 is 0 Å². The van der Waals surface area contributed by atoms with E-state index in [0.29, 0.717) is 5.82 Å². The van der Waals surface area contributed by atoms with Crippen molar-refractivity contribution >= 4 is 16.6 Å². The van der Waals surface area contributed by atoms with Crippen LogP contribution in [0.5, 0.6) is 0 Å². The number of benzene rings is 2. The van der Waals surface area contributed by atoms with Crippen LogP contribution in [0.1, 0.15) is 18.4 Å². The second kappa shape index (κ2) is 7.03. The van der Waals surface area contributed by atoms with E-state index in [-0.39, 0.29) is 34.6 Å². The predicted molar refractivity (Wildman–Crippen MR) is 101 cm³/mol. The lowest BCUT2D eigenvalue weighted by Crippen LogP contribution is -2.21. The van der Waals surface area contributed by atoms with Crippen molar-refractivity contribution in [3.8, 4) is 11.4 Å². The summed E-state index contributed by atoms with van der Waals surface area (Å²) in [6, 6.07) is 11.8. The highest BCUT2D eigenvalue weighted by Crippen LogP contribution is 2.18. The van der Waals surface area contributed by atoms with E-state index in [1.807, 2.05) is 24.3 Å². The van der Waals surface area contributed by atoms with Gasteiger partial charge in [0.1, 0.15) is 6.54 Å². The standard InChI is InChI=1S/C19H15N5O4/c1-2-12-3-5-13(6-4-12)18-21-17(28-22-18)10-23-11-20-16-9-14(24(26)27)7-8-15(16)19(23)25/h3-9,11H,2,10H2,1H3. The molecule has 28 heavy (non-hydrogen) atoms. The average Bonchev–Trinajstić information content (AvgIpc) is 3.18. The van der Waals surface area contributed by atoms with Crippen LogP contribution in [-0.4, -0.2) is 24.6 Å². The number of nitro benzene ring substituents is 1. The molecule has 0 radical (unpaired) electrons. The average molecular weight is 377 g/mol. The molecule has 0 atom stereocenters. The Labute approximate surface area is 158 Å². The highest BCUT2D eigenvalue weighted by atomic mass is 16.6. The van der Waals surface area contributed by atoms with Crippen molar-refractivity contribution in [2.45, 2.75) is 19.9 Å². The van der Waals surface area contributed by atoms with E-state index in [9.17, 15) is 14.9 Å². The van der Waals surface area contributed by atoms with Gasteiger partial charge in [-0.15, -0.1) is 0 Å². The zero-order chi connectivity index (χ0) is 19.7. The first-order valence-corrected chi connectivity index (χ1v) is 8.60. The number of non-ortho nitro benzene ring substituents is 1. The van der Waals surface area contributed by atoms with Crippen molar-refractivity contribution in [2.24, 2.45) is 0 Å². The smallest absolute Gasteiger partial charge is 0.271 e. The monoisotopic (exact) mass is 377 g/mol. The maximum atomic E-state index is 12.6. The molecule has 4 aromatic rings. The molecule has 0 N–H and O–H groups in total. The first-order valence-electron chi connectivity index (χ1n) is 8.60. The van der Waals surface area contributed by atoms with Gasteiger partial charge >= 0.3 is 0 Å². The molecular weight excluding hydrogens is 362 g/mol. The van der Waals surface area contributed by atoms with Crippen LogP contribution in [-0.2, 0) is 13.0 Å². The van der Waals surface area contributed by atoms with Crippen molar-refractivity contribution < 1.29 is 9.45 Å². The Hall–Kier alpha value is -3.88. The van der Waals surface area contributed by atoms with Gasteiger partial charge in [-0.1, -0.05) is 36.3 Å². The number of nitro groups is 1. The van der Waals surface area contributed by atoms with Gasteiger partial charge in [0.05, 0.1) is 22.2 Å². The van der Waals surface area contributed by atoms with Crippen molar-refractivity contribution in [1.29, 1.82) is 0 Å². The van der Waals surface area contributed by atoms with E-state index >= 15 is 0 Å². The molecule has 2 aromatic heterocycles. The van der Waals surface area contributed by atoms with E-state index in [1.165, 1.54) is 34.7 Å². The minimum Gasteiger partial charge on any atom is -0.337 e. The topological polar surface area (TPSA) is 117 Å². The van der Waals surface area contributed by atoms with Crippen LogP contribution in [0, 0.1) is 10.1 Å². The minimum atomic E-state index is -0.528. The summed E-state index contributed by atoms with van der Waals surface area (Å²) in [5, 5.41) is 15.1. The summed E-state index contributed by atoms with van der Waals surface area (Å²) in [6.07, 6.45) is 2.26. The summed E-state index contributed by atoms with van der Waals surface area (Å²) in [5.41, 5.74) is 1.84. The van der Waals surface area contributed by atoms with Crippen LogP contribution < -0.4 is 5.56 Å². The molecule has 140 valence electrons. The summed E-state index contributed by atoms with van der Waals surface area (Å²) in [6.45, 7) is 2.13. The Morgan fingerprint density at radius 1 is 1.18 bits per heavy atom. The van der Waals surface area contributed by atoms with Gasteiger partial charge < -0.3 is 4.52 Å². The molecule has 0 aliphatic carbocycles. The Balaban J connectivity index is 1.62. The summed E-state index contributed by atoms with van der Waals surface area (Å²) < 4.78 is 6.58. The van der Waals surface area contributed by atoms with Crippen molar-refractivity contribution in [3.63, 3.8) is 0 Å². The predicted octanol–water partition coefficient (Wildman–Crippen LogP) is 2.97. The molecule has 0 fully saturated rings. The fraction of sp³-hybridized carbons (Fsp3) is 0.158. The maximum absolute atomic E-state index is 12.6. The van der Waals surface area contributed by atoms with Crippen LogP contribution in [0.2, 0.25) is 0 Å². The SMILES string of the molecule is CCc1ccc(-c2noc(Cn3cnc4cc([N+](=O)[O-])ccc4c3=O)n2)cc1. The summed E-state index contributed by atoms with van der Waals surface area (Å²) in [7, 11) is 0. The minimum absolute atomic E-state index is 0.0544. The fourth-order valence-corrected chi connectivity index (χ4v) is 2.84. The molecule has 0 unspecified atom stereocenters. The lowest BCUT2D eigenvalue weighted by Gasteiger charge is -2.03. The molecule has 2 heterocycles. The molecular formula is C19H15N5O4. The number of nitrogens with zero attached hydrogens (tertiary/aromatic N) is 5. The lowest BCUT2D eigenvalue weighted by molar-refractivity contribution is -0.384. The first kappa shape index (κ1) is 17.5. The molecule has 0 saturated carbocycles. The van der Waals surface area contributed by atoms with Crippen molar-refractivity contribution in [1.82, 2.24) is 19.7 Å². The first-order chi connectivity index (χ1) is 13.5. The quantitative estimate of drug-likeness (QED) is 0.387. The maximum Gasteiger partial charge on any atom is 0.271 e. The molecule has 9 heteroatoms. The van der Waals surface area contributed by atoms with Crippen molar-refractivity contribution in [2.75, 3.05) is 0 Å². The van der Waals surface area contributed by atoms with Gasteiger partial charge in [0.25, 0.3) is 11.2 Å². The normalized spacial score (nSPS) is 11.0. The molecule has 9 nitrogen and oxygen atoms in total. The summed E-state index contributed by atoms with van der Waals surface area (Å²) in [5.74, 6) is 0.704. The van der Waals surface area contributed by atoms with E-state index in [2.05, 4.69) is 22.0 Å². The summed E-state index contributed by atoms with van der Waals surface area (Å²) in [4.78, 5) is 31.4. The largest absolute Gasteiger partial charge is 0.337 e. The summed E-state index contributed by atoms with van der Waals surface area (Å²) >= 11 is 0. The second-order valence-corrected chi connectivity index (χ2v) is 6.20. The molecule has 0 spiro atoms. The van der Waals surface area contributed by atoms with E-state index < -0.39 is 4.92 Å². The van der Waals surface area contributed by atoms with Gasteiger partial charge in [-0.2, -0.15) is 4.98 Å². The number of aromatic nitrogens is 4. The van der Waals surface area contributed by atoms with Gasteiger partial charge in [-0.3, -0.25) is 19.5 Å². The molecule has 0 aliphatic rings. The Morgan fingerprint density at radius 2 is 1.96 bits per heavy atom. The Morgan fingerprint density at radius 3 is 2.68 bits per heavy atom. The van der Waals surface area contributed by atoms with Crippen molar-refractivity contribution in [3.05, 3.63) is 80.7 Å². The van der Waals surface area contributed by atoms with E-state index in [0.717, 1.165) is 12.0 Å². The van der Waals surface area contributed by atoms with Crippen LogP contribution in [0.3, 0.4) is 0 Å². The Bertz CT molecular complexity index is 1230. The van der Waals surface area contributed by atoms with Gasteiger partial charge in [-0.05, 0) is 18.1 Å². The Kier molecular flexibility index (Phi) is 4.40. The number of hydrogen-bond acceptors (Lipinski definition) is 7. The molecule has 0 bridgehead atoms. The lowest BCUT2D eigenvalue weighted by atomic mass is 10.1. The van der Waals surface area contributed by atoms with E-state index in [4.69, 9.17) is 4.52 Å². The third-order valence-electron chi connectivity index (χ3n) is 4.41. The molecule has 0 aliphatic heterocycles. The fourth-order valence-electron chi connectivity index (χ4n) is 2.84. The second-order valence-electron chi connectivity index (χ2n) is 6.20. The van der Waals surface area contributed by atoms with Crippen LogP contribution in [0.15, 0.2) is 58.1 Å². The molecule has 4 rings (SSSR count). The molecule has 0 saturated heterocycles. The van der Waals surface area contributed by atoms with E-state index in [1.54, 1.807) is 0 Å². The highest BCUT2D eigenvalue weighted by molar-refractivity contribution is 5.79. The van der Waals surface area contributed by atoms with Gasteiger partial charge in [0.15, 0.2) is 0 Å². The third kappa shape index (κ3) is 3.25. The van der Waals surface area contributed by atoms with Gasteiger partial charge in [0.2, 0.25) is 11.7 Å². The number of aryl methyl sites for hydroxylation is 1. The number of hydrogen-bond donors (Lipinski definition) is 0. The van der Waals surface area contributed by atoms with Crippen LogP contribution in [0.4, 0.5) is 5.69 Å². The zero-order valence-corrected chi connectivity index (χ0v) is 14.9. The van der Waals surface area contributed by atoms with Crippen LogP contribution in [0.25, 0.3) is 22.3 Å². The number of fused-ring (bicyclic) bond motifs is 1. The zero-order valence-electron chi connectivity index (χ0n) is 14.9.